The van der Waals surface area contributed by atoms with Gasteiger partial charge in [-0.15, -0.1) is 0 Å². The Morgan fingerprint density at radius 2 is 2.00 bits per heavy atom. The third-order valence-corrected chi connectivity index (χ3v) is 4.01. The molecule has 1 aliphatic rings. The Labute approximate surface area is 111 Å². The molecule has 0 aromatic carbocycles. The molecule has 1 saturated carbocycles. The van der Waals surface area contributed by atoms with E-state index in [0.717, 1.165) is 6.54 Å². The van der Waals surface area contributed by atoms with Gasteiger partial charge in [0.1, 0.15) is 0 Å². The predicted molar refractivity (Wildman–Crippen MR) is 76.9 cm³/mol. The van der Waals surface area contributed by atoms with Gasteiger partial charge in [0.15, 0.2) is 0 Å². The molecule has 0 amide bonds. The van der Waals surface area contributed by atoms with Crippen molar-refractivity contribution in [1.29, 1.82) is 0 Å². The lowest BCUT2D eigenvalue weighted by atomic mass is 10.1. The number of aromatic nitrogens is 1. The van der Waals surface area contributed by atoms with Crippen molar-refractivity contribution in [2.75, 3.05) is 19.0 Å². The summed E-state index contributed by atoms with van der Waals surface area (Å²) in [5.41, 5.74) is 2.64. The van der Waals surface area contributed by atoms with E-state index in [9.17, 15) is 0 Å². The molecular formula is C15H25N3. The second-order valence-corrected chi connectivity index (χ2v) is 5.29. The van der Waals surface area contributed by atoms with Crippen molar-refractivity contribution in [3.63, 3.8) is 0 Å². The first-order valence-corrected chi connectivity index (χ1v) is 7.13. The molecule has 0 atom stereocenters. The predicted octanol–water partition coefficient (Wildman–Crippen LogP) is 2.96. The number of hydrogen-bond donors (Lipinski definition) is 1. The van der Waals surface area contributed by atoms with Crippen LogP contribution in [-0.4, -0.2) is 25.1 Å². The maximum absolute atomic E-state index is 4.30. The number of nitrogens with zero attached hydrogens (tertiary/aromatic N) is 2. The lowest BCUT2D eigenvalue weighted by Gasteiger charge is -2.30. The van der Waals surface area contributed by atoms with Crippen LogP contribution in [-0.2, 0) is 6.54 Å². The van der Waals surface area contributed by atoms with Crippen molar-refractivity contribution < 1.29 is 0 Å². The summed E-state index contributed by atoms with van der Waals surface area (Å²) in [4.78, 5) is 6.75. The summed E-state index contributed by atoms with van der Waals surface area (Å²) in [5.74, 6) is 0. The maximum atomic E-state index is 4.30. The van der Waals surface area contributed by atoms with Gasteiger partial charge in [0.25, 0.3) is 0 Å². The van der Waals surface area contributed by atoms with E-state index in [1.165, 1.54) is 49.8 Å². The van der Waals surface area contributed by atoms with Gasteiger partial charge in [0.2, 0.25) is 0 Å². The van der Waals surface area contributed by atoms with Gasteiger partial charge in [0.05, 0.1) is 11.9 Å². The topological polar surface area (TPSA) is 28.2 Å². The van der Waals surface area contributed by atoms with E-state index in [1.807, 2.05) is 19.4 Å². The largest absolute Gasteiger partial charge is 0.370 e. The van der Waals surface area contributed by atoms with E-state index in [2.05, 4.69) is 28.3 Å². The number of pyridine rings is 1. The SMILES string of the molecule is CNCc1ccncc1N(C)C1CCCCCC1. The molecule has 1 aromatic heterocycles. The highest BCUT2D eigenvalue weighted by molar-refractivity contribution is 5.51. The summed E-state index contributed by atoms with van der Waals surface area (Å²) in [5, 5.41) is 3.24. The molecule has 1 fully saturated rings. The zero-order chi connectivity index (χ0) is 12.8. The zero-order valence-electron chi connectivity index (χ0n) is 11.7. The molecule has 1 heterocycles. The van der Waals surface area contributed by atoms with Gasteiger partial charge in [0, 0.05) is 25.8 Å². The summed E-state index contributed by atoms with van der Waals surface area (Å²) in [6, 6.07) is 2.81. The number of rotatable bonds is 4. The van der Waals surface area contributed by atoms with Crippen LogP contribution in [0.1, 0.15) is 44.1 Å². The van der Waals surface area contributed by atoms with Gasteiger partial charge in [-0.3, -0.25) is 4.98 Å². The van der Waals surface area contributed by atoms with Crippen LogP contribution in [0.3, 0.4) is 0 Å². The van der Waals surface area contributed by atoms with Gasteiger partial charge < -0.3 is 10.2 Å². The van der Waals surface area contributed by atoms with Gasteiger partial charge in [-0.1, -0.05) is 25.7 Å². The fraction of sp³-hybridized carbons (Fsp3) is 0.667. The standard InChI is InChI=1S/C15H25N3/c1-16-11-13-9-10-17-12-15(13)18(2)14-7-5-3-4-6-8-14/h9-10,12,14,16H,3-8,11H2,1-2H3. The first kappa shape index (κ1) is 13.3. The van der Waals surface area contributed by atoms with Crippen molar-refractivity contribution >= 4 is 5.69 Å². The molecular weight excluding hydrogens is 222 g/mol. The maximum Gasteiger partial charge on any atom is 0.0598 e. The monoisotopic (exact) mass is 247 g/mol. The van der Waals surface area contributed by atoms with Crippen LogP contribution >= 0.6 is 0 Å². The summed E-state index contributed by atoms with van der Waals surface area (Å²) < 4.78 is 0. The number of anilines is 1. The molecule has 0 saturated heterocycles. The highest BCUT2D eigenvalue weighted by atomic mass is 15.1. The summed E-state index contributed by atoms with van der Waals surface area (Å²) >= 11 is 0. The molecule has 1 aliphatic carbocycles. The van der Waals surface area contributed by atoms with Crippen molar-refractivity contribution in [2.24, 2.45) is 0 Å². The molecule has 1 aromatic rings. The van der Waals surface area contributed by atoms with Crippen LogP contribution in [0.5, 0.6) is 0 Å². The summed E-state index contributed by atoms with van der Waals surface area (Å²) in [6.45, 7) is 0.912. The minimum Gasteiger partial charge on any atom is -0.370 e. The van der Waals surface area contributed by atoms with E-state index < -0.39 is 0 Å². The second-order valence-electron chi connectivity index (χ2n) is 5.29. The average molecular weight is 247 g/mol. The molecule has 0 radical (unpaired) electrons. The van der Waals surface area contributed by atoms with Gasteiger partial charge in [-0.2, -0.15) is 0 Å². The van der Waals surface area contributed by atoms with Crippen molar-refractivity contribution in [3.05, 3.63) is 24.0 Å². The molecule has 1 N–H and O–H groups in total. The molecule has 0 unspecified atom stereocenters. The van der Waals surface area contributed by atoms with Crippen LogP contribution in [0.2, 0.25) is 0 Å². The van der Waals surface area contributed by atoms with Crippen molar-refractivity contribution in [3.8, 4) is 0 Å². The minimum absolute atomic E-state index is 0.687. The van der Waals surface area contributed by atoms with E-state index in [-0.39, 0.29) is 0 Å². The minimum atomic E-state index is 0.687. The van der Waals surface area contributed by atoms with Gasteiger partial charge in [-0.25, -0.2) is 0 Å². The first-order valence-electron chi connectivity index (χ1n) is 7.13. The van der Waals surface area contributed by atoms with Gasteiger partial charge >= 0.3 is 0 Å². The lowest BCUT2D eigenvalue weighted by Crippen LogP contribution is -2.32. The van der Waals surface area contributed by atoms with Crippen LogP contribution in [0, 0.1) is 0 Å². The molecule has 0 aliphatic heterocycles. The van der Waals surface area contributed by atoms with Crippen LogP contribution < -0.4 is 10.2 Å². The third kappa shape index (κ3) is 3.22. The van der Waals surface area contributed by atoms with Crippen molar-refractivity contribution in [1.82, 2.24) is 10.3 Å². The smallest absolute Gasteiger partial charge is 0.0598 e. The highest BCUT2D eigenvalue weighted by Gasteiger charge is 2.19. The molecule has 0 bridgehead atoms. The number of hydrogen-bond acceptors (Lipinski definition) is 3. The number of nitrogens with one attached hydrogen (secondary N) is 1. The van der Waals surface area contributed by atoms with Crippen molar-refractivity contribution in [2.45, 2.75) is 51.1 Å². The van der Waals surface area contributed by atoms with E-state index in [4.69, 9.17) is 0 Å². The first-order chi connectivity index (χ1) is 8.83. The molecule has 100 valence electrons. The zero-order valence-corrected chi connectivity index (χ0v) is 11.7. The lowest BCUT2D eigenvalue weighted by molar-refractivity contribution is 0.550. The Morgan fingerprint density at radius 3 is 2.67 bits per heavy atom. The molecule has 3 heteroatoms. The van der Waals surface area contributed by atoms with E-state index in [0.29, 0.717) is 6.04 Å². The Kier molecular flexibility index (Phi) is 5.00. The quantitative estimate of drug-likeness (QED) is 0.829. The fourth-order valence-electron chi connectivity index (χ4n) is 2.91. The van der Waals surface area contributed by atoms with Crippen LogP contribution in [0.25, 0.3) is 0 Å². The van der Waals surface area contributed by atoms with E-state index >= 15 is 0 Å². The Morgan fingerprint density at radius 1 is 1.28 bits per heavy atom. The van der Waals surface area contributed by atoms with Gasteiger partial charge in [-0.05, 0) is 31.5 Å². The molecule has 2 rings (SSSR count). The van der Waals surface area contributed by atoms with Crippen LogP contribution in [0.15, 0.2) is 18.5 Å². The highest BCUT2D eigenvalue weighted by Crippen LogP contribution is 2.27. The molecule has 18 heavy (non-hydrogen) atoms. The Bertz CT molecular complexity index is 357. The Hall–Kier alpha value is -1.09. The average Bonchev–Trinajstić information content (AvgIpc) is 2.68. The van der Waals surface area contributed by atoms with Crippen LogP contribution in [0.4, 0.5) is 5.69 Å². The molecule has 0 spiro atoms. The normalized spacial score (nSPS) is 17.4. The summed E-state index contributed by atoms with van der Waals surface area (Å²) in [6.07, 6.45) is 12.1. The third-order valence-electron chi connectivity index (χ3n) is 4.01. The Balaban J connectivity index is 2.13. The molecule has 3 nitrogen and oxygen atoms in total. The fourth-order valence-corrected chi connectivity index (χ4v) is 2.91. The van der Waals surface area contributed by atoms with E-state index in [1.54, 1.807) is 0 Å². The second kappa shape index (κ2) is 6.74. The summed E-state index contributed by atoms with van der Waals surface area (Å²) in [7, 11) is 4.22.